The summed E-state index contributed by atoms with van der Waals surface area (Å²) in [5.74, 6) is -0.172. The highest BCUT2D eigenvalue weighted by molar-refractivity contribution is 9.10. The van der Waals surface area contributed by atoms with Gasteiger partial charge in [-0.3, -0.25) is 0 Å². The molecule has 0 aliphatic heterocycles. The lowest BCUT2D eigenvalue weighted by molar-refractivity contribution is 0.533. The van der Waals surface area contributed by atoms with Gasteiger partial charge in [-0.25, -0.2) is 4.39 Å². The third kappa shape index (κ3) is 3.64. The highest BCUT2D eigenvalue weighted by atomic mass is 79.9. The van der Waals surface area contributed by atoms with E-state index in [4.69, 9.17) is 0 Å². The Morgan fingerprint density at radius 1 is 1.16 bits per heavy atom. The van der Waals surface area contributed by atoms with Crippen LogP contribution < -0.4 is 5.32 Å². The summed E-state index contributed by atoms with van der Waals surface area (Å²) in [6, 6.07) is 13.4. The van der Waals surface area contributed by atoms with Crippen LogP contribution in [0.15, 0.2) is 46.9 Å². The second kappa shape index (κ2) is 6.31. The first-order valence-electron chi connectivity index (χ1n) is 6.28. The first-order valence-corrected chi connectivity index (χ1v) is 7.07. The smallest absolute Gasteiger partial charge is 0.128 e. The Hall–Kier alpha value is -1.19. The van der Waals surface area contributed by atoms with Gasteiger partial charge in [0.1, 0.15) is 5.82 Å². The fourth-order valence-corrected chi connectivity index (χ4v) is 2.49. The zero-order valence-electron chi connectivity index (χ0n) is 11.1. The predicted octanol–water partition coefficient (Wildman–Crippen LogP) is 4.40. The lowest BCUT2D eigenvalue weighted by Crippen LogP contribution is -2.20. The molecule has 0 bridgehead atoms. The van der Waals surface area contributed by atoms with E-state index in [2.05, 4.69) is 52.4 Å². The second-order valence-electron chi connectivity index (χ2n) is 4.70. The molecule has 2 aromatic rings. The summed E-state index contributed by atoms with van der Waals surface area (Å²) < 4.78 is 14.8. The van der Waals surface area contributed by atoms with Crippen molar-refractivity contribution in [2.24, 2.45) is 0 Å². The maximum absolute atomic E-state index is 13.9. The van der Waals surface area contributed by atoms with Crippen LogP contribution in [0, 0.1) is 12.7 Å². The summed E-state index contributed by atoms with van der Waals surface area (Å²) >= 11 is 3.39. The number of benzene rings is 2. The van der Waals surface area contributed by atoms with E-state index in [1.165, 1.54) is 17.2 Å². The van der Waals surface area contributed by atoms with Crippen molar-refractivity contribution < 1.29 is 4.39 Å². The Labute approximate surface area is 122 Å². The van der Waals surface area contributed by atoms with E-state index in [0.717, 1.165) is 10.9 Å². The lowest BCUT2D eigenvalue weighted by atomic mass is 9.98. The molecule has 0 saturated heterocycles. The van der Waals surface area contributed by atoms with Crippen LogP contribution in [-0.2, 0) is 6.42 Å². The average molecular weight is 322 g/mol. The van der Waals surface area contributed by atoms with Gasteiger partial charge in [0.2, 0.25) is 0 Å². The SMILES string of the molecule is CNC(Cc1ccc(C)cc1)c1cc(Br)ccc1F. The topological polar surface area (TPSA) is 12.0 Å². The van der Waals surface area contributed by atoms with Gasteiger partial charge in [0.15, 0.2) is 0 Å². The Balaban J connectivity index is 2.24. The molecule has 0 aliphatic rings. The molecule has 0 saturated carbocycles. The Kier molecular flexibility index (Phi) is 4.72. The van der Waals surface area contributed by atoms with E-state index >= 15 is 0 Å². The minimum absolute atomic E-state index is 0.0276. The number of hydrogen-bond acceptors (Lipinski definition) is 1. The molecule has 0 fully saturated rings. The molecule has 0 aromatic heterocycles. The van der Waals surface area contributed by atoms with Crippen molar-refractivity contribution in [2.45, 2.75) is 19.4 Å². The van der Waals surface area contributed by atoms with Crippen LogP contribution in [0.4, 0.5) is 4.39 Å². The first kappa shape index (κ1) is 14.2. The summed E-state index contributed by atoms with van der Waals surface area (Å²) in [5, 5.41) is 3.19. The van der Waals surface area contributed by atoms with Crippen molar-refractivity contribution in [3.8, 4) is 0 Å². The molecular formula is C16H17BrFN. The van der Waals surface area contributed by atoms with E-state index in [1.54, 1.807) is 6.07 Å². The van der Waals surface area contributed by atoms with Gasteiger partial charge < -0.3 is 5.32 Å². The average Bonchev–Trinajstić information content (AvgIpc) is 2.41. The van der Waals surface area contributed by atoms with Gasteiger partial charge in [-0.2, -0.15) is 0 Å². The highest BCUT2D eigenvalue weighted by Gasteiger charge is 2.15. The standard InChI is InChI=1S/C16H17BrFN/c1-11-3-5-12(6-4-11)9-16(19-2)14-10-13(17)7-8-15(14)18/h3-8,10,16,19H,9H2,1-2H3. The molecule has 2 rings (SSSR count). The third-order valence-corrected chi connectivity index (χ3v) is 3.74. The van der Waals surface area contributed by atoms with Gasteiger partial charge in [-0.05, 0) is 44.2 Å². The first-order chi connectivity index (χ1) is 9.10. The molecule has 1 atom stereocenters. The fraction of sp³-hybridized carbons (Fsp3) is 0.250. The highest BCUT2D eigenvalue weighted by Crippen LogP contribution is 2.24. The van der Waals surface area contributed by atoms with Crippen LogP contribution in [0.25, 0.3) is 0 Å². The number of halogens is 2. The van der Waals surface area contributed by atoms with Crippen LogP contribution in [0.5, 0.6) is 0 Å². The van der Waals surface area contributed by atoms with E-state index in [-0.39, 0.29) is 11.9 Å². The van der Waals surface area contributed by atoms with Crippen molar-refractivity contribution >= 4 is 15.9 Å². The number of likely N-dealkylation sites (N-methyl/N-ethyl adjacent to an activating group) is 1. The molecule has 0 amide bonds. The normalized spacial score (nSPS) is 12.4. The van der Waals surface area contributed by atoms with Crippen LogP contribution in [0.2, 0.25) is 0 Å². The van der Waals surface area contributed by atoms with Crippen molar-refractivity contribution in [2.75, 3.05) is 7.05 Å². The van der Waals surface area contributed by atoms with Crippen LogP contribution in [0.3, 0.4) is 0 Å². The molecule has 19 heavy (non-hydrogen) atoms. The van der Waals surface area contributed by atoms with E-state index in [0.29, 0.717) is 5.56 Å². The Bertz CT molecular complexity index is 551. The van der Waals surface area contributed by atoms with Gasteiger partial charge in [-0.1, -0.05) is 45.8 Å². The molecule has 3 heteroatoms. The summed E-state index contributed by atoms with van der Waals surface area (Å²) in [5.41, 5.74) is 3.13. The van der Waals surface area contributed by atoms with E-state index in [9.17, 15) is 4.39 Å². The van der Waals surface area contributed by atoms with Crippen LogP contribution >= 0.6 is 15.9 Å². The minimum Gasteiger partial charge on any atom is -0.313 e. The van der Waals surface area contributed by atoms with Gasteiger partial charge in [-0.15, -0.1) is 0 Å². The maximum atomic E-state index is 13.9. The molecule has 0 radical (unpaired) electrons. The van der Waals surface area contributed by atoms with Gasteiger partial charge in [0.05, 0.1) is 0 Å². The van der Waals surface area contributed by atoms with E-state index in [1.807, 2.05) is 13.1 Å². The van der Waals surface area contributed by atoms with Crippen LogP contribution in [-0.4, -0.2) is 7.05 Å². The number of aryl methyl sites for hydroxylation is 1. The quantitative estimate of drug-likeness (QED) is 0.880. The van der Waals surface area contributed by atoms with Crippen molar-refractivity contribution in [1.29, 1.82) is 0 Å². The fourth-order valence-electron chi connectivity index (χ4n) is 2.11. The van der Waals surface area contributed by atoms with E-state index < -0.39 is 0 Å². The number of rotatable bonds is 4. The summed E-state index contributed by atoms with van der Waals surface area (Å²) in [4.78, 5) is 0. The number of nitrogens with one attached hydrogen (secondary N) is 1. The van der Waals surface area contributed by atoms with Gasteiger partial charge in [0, 0.05) is 16.1 Å². The molecule has 1 unspecified atom stereocenters. The molecule has 0 spiro atoms. The molecule has 0 aliphatic carbocycles. The molecular weight excluding hydrogens is 305 g/mol. The summed E-state index contributed by atoms with van der Waals surface area (Å²) in [6.07, 6.45) is 0.768. The number of hydrogen-bond donors (Lipinski definition) is 1. The predicted molar refractivity (Wildman–Crippen MR) is 80.8 cm³/mol. The Morgan fingerprint density at radius 2 is 1.84 bits per heavy atom. The molecule has 0 heterocycles. The third-order valence-electron chi connectivity index (χ3n) is 3.24. The molecule has 2 aromatic carbocycles. The zero-order valence-corrected chi connectivity index (χ0v) is 12.7. The van der Waals surface area contributed by atoms with Gasteiger partial charge >= 0.3 is 0 Å². The second-order valence-corrected chi connectivity index (χ2v) is 5.61. The molecule has 100 valence electrons. The van der Waals surface area contributed by atoms with Gasteiger partial charge in [0.25, 0.3) is 0 Å². The minimum atomic E-state index is -0.172. The summed E-state index contributed by atoms with van der Waals surface area (Å²) in [7, 11) is 1.86. The summed E-state index contributed by atoms with van der Waals surface area (Å²) in [6.45, 7) is 2.06. The zero-order chi connectivity index (χ0) is 13.8. The maximum Gasteiger partial charge on any atom is 0.128 e. The lowest BCUT2D eigenvalue weighted by Gasteiger charge is -2.18. The molecule has 1 nitrogen and oxygen atoms in total. The molecule has 1 N–H and O–H groups in total. The Morgan fingerprint density at radius 3 is 2.47 bits per heavy atom. The largest absolute Gasteiger partial charge is 0.313 e. The van der Waals surface area contributed by atoms with Crippen molar-refractivity contribution in [3.63, 3.8) is 0 Å². The van der Waals surface area contributed by atoms with Crippen LogP contribution in [0.1, 0.15) is 22.7 Å². The van der Waals surface area contributed by atoms with Crippen molar-refractivity contribution in [3.05, 3.63) is 69.4 Å². The van der Waals surface area contributed by atoms with Crippen molar-refractivity contribution in [1.82, 2.24) is 5.32 Å². The monoisotopic (exact) mass is 321 g/mol.